The van der Waals surface area contributed by atoms with Crippen LogP contribution in [-0.4, -0.2) is 15.9 Å². The van der Waals surface area contributed by atoms with Gasteiger partial charge in [-0.1, -0.05) is 6.07 Å². The highest BCUT2D eigenvalue weighted by molar-refractivity contribution is 5.90. The van der Waals surface area contributed by atoms with Crippen LogP contribution in [0.4, 0.5) is 0 Å². The van der Waals surface area contributed by atoms with E-state index in [2.05, 4.69) is 9.97 Å². The molecule has 2 aromatic heterocycles. The van der Waals surface area contributed by atoms with E-state index in [1.807, 2.05) is 0 Å². The molecule has 0 unspecified atom stereocenters. The Labute approximate surface area is 114 Å². The molecule has 0 spiro atoms. The van der Waals surface area contributed by atoms with Gasteiger partial charge in [0, 0.05) is 11.9 Å². The Morgan fingerprint density at radius 2 is 2.30 bits per heavy atom. The Balaban J connectivity index is 2.18. The summed E-state index contributed by atoms with van der Waals surface area (Å²) in [6.07, 6.45) is 1.60. The minimum atomic E-state index is -0.610. The van der Waals surface area contributed by atoms with Crippen molar-refractivity contribution in [2.45, 2.75) is 13.5 Å². The molecule has 0 saturated heterocycles. The minimum absolute atomic E-state index is 0.0279. The van der Waals surface area contributed by atoms with Gasteiger partial charge in [-0.05, 0) is 25.1 Å². The van der Waals surface area contributed by atoms with E-state index in [9.17, 15) is 9.59 Å². The Kier molecular flexibility index (Phi) is 3.91. The molecular formula is C14H11N3O3. The van der Waals surface area contributed by atoms with E-state index in [0.29, 0.717) is 11.4 Å². The zero-order valence-corrected chi connectivity index (χ0v) is 10.7. The molecular weight excluding hydrogens is 258 g/mol. The van der Waals surface area contributed by atoms with E-state index in [1.54, 1.807) is 37.4 Å². The highest BCUT2D eigenvalue weighted by Gasteiger charge is 2.14. The number of aromatic amines is 1. The number of aromatic nitrogens is 2. The zero-order chi connectivity index (χ0) is 14.5. The summed E-state index contributed by atoms with van der Waals surface area (Å²) in [5.74, 6) is -0.610. The fourth-order valence-corrected chi connectivity index (χ4v) is 1.62. The number of carbonyl (C=O) groups excluding carboxylic acids is 1. The van der Waals surface area contributed by atoms with Gasteiger partial charge in [-0.15, -0.1) is 0 Å². The van der Waals surface area contributed by atoms with Gasteiger partial charge in [0.05, 0.1) is 11.3 Å². The van der Waals surface area contributed by atoms with Crippen LogP contribution >= 0.6 is 0 Å². The summed E-state index contributed by atoms with van der Waals surface area (Å²) in [5, 5.41) is 8.79. The number of aryl methyl sites for hydroxylation is 1. The molecule has 0 aliphatic rings. The Hall–Kier alpha value is -2.94. The van der Waals surface area contributed by atoms with Gasteiger partial charge in [-0.3, -0.25) is 9.78 Å². The predicted molar refractivity (Wildman–Crippen MR) is 69.9 cm³/mol. The summed E-state index contributed by atoms with van der Waals surface area (Å²) in [6, 6.07) is 8.24. The van der Waals surface area contributed by atoms with Crippen molar-refractivity contribution in [3.63, 3.8) is 0 Å². The molecule has 0 fully saturated rings. The third-order valence-electron chi connectivity index (χ3n) is 2.66. The third-order valence-corrected chi connectivity index (χ3v) is 2.66. The average molecular weight is 269 g/mol. The van der Waals surface area contributed by atoms with E-state index in [-0.39, 0.29) is 17.7 Å². The van der Waals surface area contributed by atoms with Gasteiger partial charge in [0.25, 0.3) is 5.56 Å². The van der Waals surface area contributed by atoms with Crippen LogP contribution in [0.1, 0.15) is 27.3 Å². The van der Waals surface area contributed by atoms with Crippen LogP contribution in [0, 0.1) is 18.3 Å². The second-order valence-electron chi connectivity index (χ2n) is 4.06. The van der Waals surface area contributed by atoms with Crippen LogP contribution in [0.5, 0.6) is 0 Å². The second-order valence-corrected chi connectivity index (χ2v) is 4.06. The highest BCUT2D eigenvalue weighted by atomic mass is 16.5. The first-order chi connectivity index (χ1) is 9.61. The Morgan fingerprint density at radius 1 is 1.50 bits per heavy atom. The number of nitrogens with zero attached hydrogens (tertiary/aromatic N) is 2. The molecule has 100 valence electrons. The Bertz CT molecular complexity index is 730. The lowest BCUT2D eigenvalue weighted by molar-refractivity contribution is 0.0466. The lowest BCUT2D eigenvalue weighted by Gasteiger charge is -2.06. The van der Waals surface area contributed by atoms with Crippen LogP contribution in [0.25, 0.3) is 0 Å². The van der Waals surface area contributed by atoms with Crippen LogP contribution in [0.3, 0.4) is 0 Å². The molecule has 20 heavy (non-hydrogen) atoms. The first-order valence-corrected chi connectivity index (χ1v) is 5.83. The van der Waals surface area contributed by atoms with Crippen molar-refractivity contribution in [3.8, 4) is 6.07 Å². The molecule has 0 saturated carbocycles. The zero-order valence-electron chi connectivity index (χ0n) is 10.7. The van der Waals surface area contributed by atoms with E-state index in [1.165, 1.54) is 6.07 Å². The summed E-state index contributed by atoms with van der Waals surface area (Å²) < 4.78 is 5.10. The van der Waals surface area contributed by atoms with Crippen molar-refractivity contribution in [2.24, 2.45) is 0 Å². The van der Waals surface area contributed by atoms with Crippen molar-refractivity contribution in [1.82, 2.24) is 9.97 Å². The molecule has 0 bridgehead atoms. The quantitative estimate of drug-likeness (QED) is 0.847. The van der Waals surface area contributed by atoms with Crippen LogP contribution in [0.2, 0.25) is 0 Å². The van der Waals surface area contributed by atoms with E-state index in [4.69, 9.17) is 10.00 Å². The lowest BCUT2D eigenvalue weighted by atomic mass is 10.1. The average Bonchev–Trinajstić information content (AvgIpc) is 2.46. The number of H-pyrrole nitrogens is 1. The highest BCUT2D eigenvalue weighted by Crippen LogP contribution is 2.08. The second kappa shape index (κ2) is 5.80. The van der Waals surface area contributed by atoms with Crippen LogP contribution in [-0.2, 0) is 11.3 Å². The maximum absolute atomic E-state index is 11.9. The van der Waals surface area contributed by atoms with E-state index < -0.39 is 11.5 Å². The molecule has 6 nitrogen and oxygen atoms in total. The number of pyridine rings is 2. The van der Waals surface area contributed by atoms with Crippen molar-refractivity contribution in [3.05, 3.63) is 63.3 Å². The topological polar surface area (TPSA) is 95.8 Å². The molecule has 2 heterocycles. The normalized spacial score (nSPS) is 9.80. The molecule has 1 N–H and O–H groups in total. The van der Waals surface area contributed by atoms with Gasteiger partial charge < -0.3 is 9.72 Å². The fourth-order valence-electron chi connectivity index (χ4n) is 1.62. The van der Waals surface area contributed by atoms with Gasteiger partial charge in [0.1, 0.15) is 18.2 Å². The van der Waals surface area contributed by atoms with Crippen LogP contribution in [0.15, 0.2) is 35.3 Å². The number of hydrogen-bond acceptors (Lipinski definition) is 5. The lowest BCUT2D eigenvalue weighted by Crippen LogP contribution is -2.17. The van der Waals surface area contributed by atoms with Crippen molar-refractivity contribution < 1.29 is 9.53 Å². The summed E-state index contributed by atoms with van der Waals surface area (Å²) in [4.78, 5) is 29.8. The number of carbonyl (C=O) groups is 1. The summed E-state index contributed by atoms with van der Waals surface area (Å²) >= 11 is 0. The number of esters is 1. The maximum atomic E-state index is 11.9. The van der Waals surface area contributed by atoms with Crippen LogP contribution < -0.4 is 5.56 Å². The number of ether oxygens (including phenoxy) is 1. The largest absolute Gasteiger partial charge is 0.456 e. The fraction of sp³-hybridized carbons (Fsp3) is 0.143. The number of rotatable bonds is 3. The maximum Gasteiger partial charge on any atom is 0.340 e. The molecule has 0 aliphatic carbocycles. The first-order valence-electron chi connectivity index (χ1n) is 5.83. The van der Waals surface area contributed by atoms with Crippen molar-refractivity contribution >= 4 is 5.97 Å². The van der Waals surface area contributed by atoms with Gasteiger partial charge in [0.2, 0.25) is 0 Å². The smallest absolute Gasteiger partial charge is 0.340 e. The van der Waals surface area contributed by atoms with Gasteiger partial charge in [0.15, 0.2) is 0 Å². The summed E-state index contributed by atoms with van der Waals surface area (Å²) in [5.41, 5.74) is 0.493. The van der Waals surface area contributed by atoms with E-state index in [0.717, 1.165) is 0 Å². The Morgan fingerprint density at radius 3 is 2.95 bits per heavy atom. The molecule has 0 radical (unpaired) electrons. The summed E-state index contributed by atoms with van der Waals surface area (Å²) in [7, 11) is 0. The number of nitrogens with one attached hydrogen (secondary N) is 1. The SMILES string of the molecule is Cc1[nH]c(=O)c(C#N)cc1C(=O)OCc1ccccn1. The molecule has 2 aromatic rings. The number of nitriles is 1. The van der Waals surface area contributed by atoms with E-state index >= 15 is 0 Å². The van der Waals surface area contributed by atoms with Crippen molar-refractivity contribution in [1.29, 1.82) is 5.26 Å². The van der Waals surface area contributed by atoms with Crippen molar-refractivity contribution in [2.75, 3.05) is 0 Å². The van der Waals surface area contributed by atoms with Gasteiger partial charge in [-0.25, -0.2) is 4.79 Å². The minimum Gasteiger partial charge on any atom is -0.456 e. The standard InChI is InChI=1S/C14H11N3O3/c1-9-12(6-10(7-15)13(18)17-9)14(19)20-8-11-4-2-3-5-16-11/h2-6H,8H2,1H3,(H,17,18). The first kappa shape index (κ1) is 13.5. The summed E-state index contributed by atoms with van der Waals surface area (Å²) in [6.45, 7) is 1.60. The molecule has 0 atom stereocenters. The molecule has 2 rings (SSSR count). The molecule has 0 aliphatic heterocycles. The number of hydrogen-bond donors (Lipinski definition) is 1. The van der Waals surface area contributed by atoms with Gasteiger partial charge >= 0.3 is 5.97 Å². The molecule has 6 heteroatoms. The molecule has 0 amide bonds. The molecule has 0 aromatic carbocycles. The van der Waals surface area contributed by atoms with Gasteiger partial charge in [-0.2, -0.15) is 5.26 Å². The third kappa shape index (κ3) is 2.90. The monoisotopic (exact) mass is 269 g/mol. The predicted octanol–water partition coefficient (Wildman–Crippen LogP) is 1.31.